The van der Waals surface area contributed by atoms with Gasteiger partial charge in [0.25, 0.3) is 0 Å². The molecule has 7 heteroatoms. The van der Waals surface area contributed by atoms with Crippen LogP contribution in [0.3, 0.4) is 0 Å². The minimum Gasteiger partial charge on any atom is -0.356 e. The van der Waals surface area contributed by atoms with Gasteiger partial charge in [0.05, 0.1) is 5.54 Å². The maximum Gasteiger partial charge on any atom is 0.244 e. The van der Waals surface area contributed by atoms with Crippen molar-refractivity contribution in [3.63, 3.8) is 0 Å². The molecule has 7 nitrogen and oxygen atoms in total. The largest absolute Gasteiger partial charge is 0.356 e. The maximum absolute atomic E-state index is 12.5. The number of nitrogens with zero attached hydrogens (tertiary/aromatic N) is 1. The molecule has 32 heavy (non-hydrogen) atoms. The van der Waals surface area contributed by atoms with E-state index in [2.05, 4.69) is 32.0 Å². The lowest BCUT2D eigenvalue weighted by Crippen LogP contribution is -2.40. The van der Waals surface area contributed by atoms with Gasteiger partial charge in [-0.05, 0) is 81.1 Å². The molecule has 0 unspecified atom stereocenters. The lowest BCUT2D eigenvalue weighted by atomic mass is 9.97. The molecule has 0 atom stereocenters. The van der Waals surface area contributed by atoms with Gasteiger partial charge in [-0.15, -0.1) is 0 Å². The Balaban J connectivity index is 1.34. The SMILES string of the molecule is CC(C)(NC(=O)/C=C/c1ccc(NC(=O)C2CCNCC2)nc1)c1cc2ccccc2[nH]1. The van der Waals surface area contributed by atoms with Crippen LogP contribution in [0.2, 0.25) is 0 Å². The molecule has 3 heterocycles. The van der Waals surface area contributed by atoms with Gasteiger partial charge in [-0.1, -0.05) is 18.2 Å². The number of pyridine rings is 1. The van der Waals surface area contributed by atoms with Crippen LogP contribution in [0.5, 0.6) is 0 Å². The molecular formula is C25H29N5O2. The lowest BCUT2D eigenvalue weighted by Gasteiger charge is -2.24. The third-order valence-corrected chi connectivity index (χ3v) is 5.81. The van der Waals surface area contributed by atoms with Crippen LogP contribution in [-0.2, 0) is 15.1 Å². The Hall–Kier alpha value is -3.45. The Kier molecular flexibility index (Phi) is 6.37. The van der Waals surface area contributed by atoms with E-state index < -0.39 is 5.54 Å². The van der Waals surface area contributed by atoms with E-state index in [0.717, 1.165) is 48.1 Å². The number of para-hydroxylation sites is 1. The van der Waals surface area contributed by atoms with Gasteiger partial charge in [0.15, 0.2) is 0 Å². The fourth-order valence-corrected chi connectivity index (χ4v) is 3.89. The second-order valence-electron chi connectivity index (χ2n) is 8.71. The predicted molar refractivity (Wildman–Crippen MR) is 127 cm³/mol. The van der Waals surface area contributed by atoms with Crippen LogP contribution in [0.15, 0.2) is 54.7 Å². The number of piperidine rings is 1. The lowest BCUT2D eigenvalue weighted by molar-refractivity contribution is -0.120. The first-order valence-electron chi connectivity index (χ1n) is 11.0. The van der Waals surface area contributed by atoms with Crippen molar-refractivity contribution in [1.29, 1.82) is 0 Å². The van der Waals surface area contributed by atoms with Crippen LogP contribution in [-0.4, -0.2) is 34.9 Å². The van der Waals surface area contributed by atoms with Crippen molar-refractivity contribution in [2.24, 2.45) is 5.92 Å². The first-order valence-corrected chi connectivity index (χ1v) is 11.0. The number of carbonyl (C=O) groups is 2. The summed E-state index contributed by atoms with van der Waals surface area (Å²) in [4.78, 5) is 32.5. The van der Waals surface area contributed by atoms with E-state index in [1.54, 1.807) is 18.3 Å². The van der Waals surface area contributed by atoms with Gasteiger partial charge in [-0.25, -0.2) is 4.98 Å². The molecule has 4 N–H and O–H groups in total. The van der Waals surface area contributed by atoms with Crippen LogP contribution < -0.4 is 16.0 Å². The molecule has 1 saturated heterocycles. The first kappa shape index (κ1) is 21.8. The zero-order chi connectivity index (χ0) is 22.6. The topological polar surface area (TPSA) is 98.9 Å². The third kappa shape index (κ3) is 5.23. The summed E-state index contributed by atoms with van der Waals surface area (Å²) >= 11 is 0. The molecule has 0 aliphatic carbocycles. The van der Waals surface area contributed by atoms with E-state index in [1.807, 2.05) is 44.2 Å². The van der Waals surface area contributed by atoms with E-state index in [4.69, 9.17) is 0 Å². The zero-order valence-corrected chi connectivity index (χ0v) is 18.4. The van der Waals surface area contributed by atoms with Crippen LogP contribution >= 0.6 is 0 Å². The highest BCUT2D eigenvalue weighted by atomic mass is 16.2. The van der Waals surface area contributed by atoms with Crippen molar-refractivity contribution in [1.82, 2.24) is 20.6 Å². The van der Waals surface area contributed by atoms with E-state index in [9.17, 15) is 9.59 Å². The smallest absolute Gasteiger partial charge is 0.244 e. The molecule has 2 aromatic heterocycles. The average molecular weight is 432 g/mol. The Labute approximate surface area is 187 Å². The van der Waals surface area contributed by atoms with Crippen molar-refractivity contribution in [2.75, 3.05) is 18.4 Å². The molecule has 2 amide bonds. The number of amides is 2. The highest BCUT2D eigenvalue weighted by molar-refractivity contribution is 5.93. The normalized spacial score (nSPS) is 15.2. The summed E-state index contributed by atoms with van der Waals surface area (Å²) in [6, 6.07) is 13.7. The number of hydrogen-bond acceptors (Lipinski definition) is 4. The first-order chi connectivity index (χ1) is 15.4. The average Bonchev–Trinajstić information content (AvgIpc) is 3.24. The van der Waals surface area contributed by atoms with Gasteiger partial charge in [0.1, 0.15) is 5.82 Å². The van der Waals surface area contributed by atoms with Crippen LogP contribution in [0, 0.1) is 5.92 Å². The molecule has 0 spiro atoms. The summed E-state index contributed by atoms with van der Waals surface area (Å²) in [5, 5.41) is 10.3. The highest BCUT2D eigenvalue weighted by Crippen LogP contribution is 2.24. The monoisotopic (exact) mass is 431 g/mol. The number of benzene rings is 1. The second kappa shape index (κ2) is 9.36. The molecule has 1 fully saturated rings. The zero-order valence-electron chi connectivity index (χ0n) is 18.4. The van der Waals surface area contributed by atoms with E-state index in [0.29, 0.717) is 5.82 Å². The van der Waals surface area contributed by atoms with Crippen LogP contribution in [0.1, 0.15) is 37.9 Å². The summed E-state index contributed by atoms with van der Waals surface area (Å²) in [6.45, 7) is 5.67. The summed E-state index contributed by atoms with van der Waals surface area (Å²) in [5.74, 6) is 0.370. The van der Waals surface area contributed by atoms with Crippen LogP contribution in [0.25, 0.3) is 17.0 Å². The van der Waals surface area contributed by atoms with E-state index >= 15 is 0 Å². The third-order valence-electron chi connectivity index (χ3n) is 5.81. The number of hydrogen-bond donors (Lipinski definition) is 4. The van der Waals surface area contributed by atoms with Gasteiger partial charge in [0, 0.05) is 29.4 Å². The number of aromatic nitrogens is 2. The number of nitrogens with one attached hydrogen (secondary N) is 4. The summed E-state index contributed by atoms with van der Waals surface area (Å²) < 4.78 is 0. The highest BCUT2D eigenvalue weighted by Gasteiger charge is 2.24. The summed E-state index contributed by atoms with van der Waals surface area (Å²) in [7, 11) is 0. The Morgan fingerprint density at radius 3 is 2.62 bits per heavy atom. The summed E-state index contributed by atoms with van der Waals surface area (Å²) in [5.41, 5.74) is 2.21. The van der Waals surface area contributed by atoms with Crippen molar-refractivity contribution in [2.45, 2.75) is 32.2 Å². The Morgan fingerprint density at radius 1 is 1.12 bits per heavy atom. The summed E-state index contributed by atoms with van der Waals surface area (Å²) in [6.07, 6.45) is 6.54. The number of fused-ring (bicyclic) bond motifs is 1. The number of anilines is 1. The second-order valence-corrected chi connectivity index (χ2v) is 8.71. The van der Waals surface area contributed by atoms with E-state index in [-0.39, 0.29) is 17.7 Å². The Morgan fingerprint density at radius 2 is 1.91 bits per heavy atom. The Bertz CT molecular complexity index is 1090. The number of H-pyrrole nitrogens is 1. The predicted octanol–water partition coefficient (Wildman–Crippen LogP) is 3.57. The molecule has 4 rings (SSSR count). The van der Waals surface area contributed by atoms with Crippen molar-refractivity contribution in [3.8, 4) is 0 Å². The number of aromatic amines is 1. The molecule has 1 aliphatic heterocycles. The van der Waals surface area contributed by atoms with Crippen LogP contribution in [0.4, 0.5) is 5.82 Å². The van der Waals surface area contributed by atoms with Crippen molar-refractivity contribution < 1.29 is 9.59 Å². The molecular weight excluding hydrogens is 402 g/mol. The van der Waals surface area contributed by atoms with E-state index in [1.165, 1.54) is 6.08 Å². The molecule has 0 radical (unpaired) electrons. The quantitative estimate of drug-likeness (QED) is 0.449. The van der Waals surface area contributed by atoms with Gasteiger partial charge < -0.3 is 20.9 Å². The van der Waals surface area contributed by atoms with Gasteiger partial charge in [-0.3, -0.25) is 9.59 Å². The fraction of sp³-hybridized carbons (Fsp3) is 0.320. The number of rotatable bonds is 6. The standard InChI is InChI=1S/C25H29N5O2/c1-25(2,21-15-19-5-3-4-6-20(19)28-21)30-23(31)10-8-17-7-9-22(27-16-17)29-24(32)18-11-13-26-14-12-18/h3-10,15-16,18,26,28H,11-14H2,1-2H3,(H,30,31)(H,27,29,32)/b10-8+. The minimum absolute atomic E-state index is 0.0147. The van der Waals surface area contributed by atoms with Gasteiger partial charge in [0.2, 0.25) is 11.8 Å². The molecule has 3 aromatic rings. The van der Waals surface area contributed by atoms with Gasteiger partial charge >= 0.3 is 0 Å². The molecule has 0 saturated carbocycles. The van der Waals surface area contributed by atoms with Crippen molar-refractivity contribution in [3.05, 3.63) is 66.0 Å². The molecule has 1 aliphatic rings. The fourth-order valence-electron chi connectivity index (χ4n) is 3.89. The molecule has 1 aromatic carbocycles. The minimum atomic E-state index is -0.554. The molecule has 0 bridgehead atoms. The maximum atomic E-state index is 12.5. The molecule has 166 valence electrons. The van der Waals surface area contributed by atoms with Crippen molar-refractivity contribution >= 4 is 34.6 Å². The number of carbonyl (C=O) groups excluding carboxylic acids is 2. The van der Waals surface area contributed by atoms with Gasteiger partial charge in [-0.2, -0.15) is 0 Å².